The Morgan fingerprint density at radius 2 is 2.67 bits per heavy atom. The summed E-state index contributed by atoms with van der Waals surface area (Å²) in [5.41, 5.74) is 0. The standard InChI is InChI=1S/C4H2FS/c5-4-2-1-3-6-4/h2-3H. The minimum absolute atomic E-state index is 0.171. The number of thiophene rings is 1. The van der Waals surface area contributed by atoms with E-state index in [0.29, 0.717) is 0 Å². The summed E-state index contributed by atoms with van der Waals surface area (Å²) in [7, 11) is 0. The Morgan fingerprint density at radius 3 is 2.83 bits per heavy atom. The molecule has 1 rings (SSSR count). The lowest BCUT2D eigenvalue weighted by molar-refractivity contribution is 0.657. The van der Waals surface area contributed by atoms with Gasteiger partial charge in [-0.15, -0.1) is 11.3 Å². The van der Waals surface area contributed by atoms with Crippen molar-refractivity contribution in [3.63, 3.8) is 0 Å². The summed E-state index contributed by atoms with van der Waals surface area (Å²) in [6.07, 6.45) is 0. The van der Waals surface area contributed by atoms with Gasteiger partial charge in [0.2, 0.25) is 0 Å². The van der Waals surface area contributed by atoms with Crippen LogP contribution in [0, 0.1) is 11.2 Å². The Balaban J connectivity index is 3.05. The second kappa shape index (κ2) is 1.39. The molecule has 0 saturated heterocycles. The van der Waals surface area contributed by atoms with Crippen LogP contribution in [0.5, 0.6) is 0 Å². The Bertz CT molecular complexity index is 111. The summed E-state index contributed by atoms with van der Waals surface area (Å²) < 4.78 is 11.7. The number of hydrogen-bond donors (Lipinski definition) is 0. The highest BCUT2D eigenvalue weighted by Gasteiger charge is 1.80. The lowest BCUT2D eigenvalue weighted by atomic mass is 10.7. The van der Waals surface area contributed by atoms with Crippen molar-refractivity contribution < 1.29 is 4.39 Å². The summed E-state index contributed by atoms with van der Waals surface area (Å²) >= 11 is 1.06. The normalized spacial score (nSPS) is 8.83. The van der Waals surface area contributed by atoms with Gasteiger partial charge in [-0.3, -0.25) is 0 Å². The van der Waals surface area contributed by atoms with Crippen LogP contribution in [-0.2, 0) is 0 Å². The van der Waals surface area contributed by atoms with E-state index >= 15 is 0 Å². The van der Waals surface area contributed by atoms with Gasteiger partial charge in [0, 0.05) is 5.38 Å². The average Bonchev–Trinajstić information content (AvgIpc) is 1.86. The molecule has 0 saturated carbocycles. The molecule has 0 aromatic carbocycles. The Labute approximate surface area is 39.2 Å². The van der Waals surface area contributed by atoms with E-state index in [9.17, 15) is 4.39 Å². The van der Waals surface area contributed by atoms with Gasteiger partial charge in [0.05, 0.1) is 0 Å². The molecule has 0 nitrogen and oxygen atoms in total. The van der Waals surface area contributed by atoms with Gasteiger partial charge >= 0.3 is 0 Å². The van der Waals surface area contributed by atoms with Crippen LogP contribution in [-0.4, -0.2) is 0 Å². The third-order valence-corrected chi connectivity index (χ3v) is 1.03. The van der Waals surface area contributed by atoms with E-state index in [1.165, 1.54) is 6.07 Å². The van der Waals surface area contributed by atoms with Crippen molar-refractivity contribution in [3.8, 4) is 0 Å². The summed E-state index contributed by atoms with van der Waals surface area (Å²) in [6, 6.07) is 3.88. The van der Waals surface area contributed by atoms with Crippen LogP contribution >= 0.6 is 11.3 Å². The molecule has 0 bridgehead atoms. The van der Waals surface area contributed by atoms with Crippen molar-refractivity contribution in [1.82, 2.24) is 0 Å². The van der Waals surface area contributed by atoms with Crippen LogP contribution in [0.4, 0.5) is 4.39 Å². The maximum absolute atomic E-state index is 11.7. The Hall–Kier alpha value is -0.370. The summed E-state index contributed by atoms with van der Waals surface area (Å²) in [4.78, 5) is 0. The Morgan fingerprint density at radius 1 is 1.83 bits per heavy atom. The molecule has 0 aliphatic heterocycles. The predicted octanol–water partition coefficient (Wildman–Crippen LogP) is 1.69. The van der Waals surface area contributed by atoms with E-state index in [1.807, 2.05) is 0 Å². The van der Waals surface area contributed by atoms with Crippen molar-refractivity contribution in [2.24, 2.45) is 0 Å². The molecule has 0 unspecified atom stereocenters. The number of hydrogen-bond acceptors (Lipinski definition) is 1. The molecule has 1 aromatic rings. The topological polar surface area (TPSA) is 0 Å². The van der Waals surface area contributed by atoms with Gasteiger partial charge in [0.1, 0.15) is 0 Å². The largest absolute Gasteiger partial charge is 0.195 e. The lowest BCUT2D eigenvalue weighted by Crippen LogP contribution is -1.44. The third kappa shape index (κ3) is 0.571. The first-order valence-electron chi connectivity index (χ1n) is 1.49. The van der Waals surface area contributed by atoms with Gasteiger partial charge in [-0.25, -0.2) is 0 Å². The summed E-state index contributed by atoms with van der Waals surface area (Å²) in [5.74, 6) is 0. The van der Waals surface area contributed by atoms with Crippen LogP contribution < -0.4 is 0 Å². The maximum atomic E-state index is 11.7. The Kier molecular flexibility index (Phi) is 0.881. The van der Waals surface area contributed by atoms with E-state index in [0.717, 1.165) is 11.3 Å². The van der Waals surface area contributed by atoms with Crippen molar-refractivity contribution in [2.45, 2.75) is 0 Å². The molecule has 1 aromatic heterocycles. The number of halogens is 1. The van der Waals surface area contributed by atoms with Gasteiger partial charge in [-0.1, -0.05) is 0 Å². The average molecular weight is 101 g/mol. The lowest BCUT2D eigenvalue weighted by Gasteiger charge is -1.60. The molecule has 0 aliphatic carbocycles. The maximum Gasteiger partial charge on any atom is 0.177 e. The molecule has 1 radical (unpaired) electrons. The molecular formula is C4H2FS. The molecule has 0 atom stereocenters. The molecule has 0 amide bonds. The zero-order valence-corrected chi connectivity index (χ0v) is 3.76. The molecule has 0 aliphatic rings. The van der Waals surface area contributed by atoms with E-state index in [4.69, 9.17) is 0 Å². The summed E-state index contributed by atoms with van der Waals surface area (Å²) in [6.45, 7) is 0. The minimum atomic E-state index is -0.171. The van der Waals surface area contributed by atoms with Crippen LogP contribution in [0.2, 0.25) is 0 Å². The monoisotopic (exact) mass is 101 g/mol. The first kappa shape index (κ1) is 3.81. The van der Waals surface area contributed by atoms with Gasteiger partial charge in [0.25, 0.3) is 0 Å². The second-order valence-electron chi connectivity index (χ2n) is 0.851. The fourth-order valence-corrected chi connectivity index (χ4v) is 0.609. The quantitative estimate of drug-likeness (QED) is 0.466. The predicted molar refractivity (Wildman–Crippen MR) is 23.1 cm³/mol. The fourth-order valence-electron chi connectivity index (χ4n) is 0.224. The molecule has 6 heavy (non-hydrogen) atoms. The van der Waals surface area contributed by atoms with Crippen molar-refractivity contribution in [2.75, 3.05) is 0 Å². The van der Waals surface area contributed by atoms with E-state index < -0.39 is 0 Å². The molecule has 1 heterocycles. The van der Waals surface area contributed by atoms with Crippen LogP contribution in [0.15, 0.2) is 11.4 Å². The minimum Gasteiger partial charge on any atom is -0.195 e. The second-order valence-corrected chi connectivity index (χ2v) is 1.71. The first-order chi connectivity index (χ1) is 2.89. The van der Waals surface area contributed by atoms with Gasteiger partial charge in [0.15, 0.2) is 5.13 Å². The van der Waals surface area contributed by atoms with Crippen LogP contribution in [0.25, 0.3) is 0 Å². The van der Waals surface area contributed by atoms with Crippen molar-refractivity contribution in [1.29, 1.82) is 0 Å². The van der Waals surface area contributed by atoms with E-state index in [1.54, 1.807) is 5.38 Å². The SMILES string of the molecule is Fc1c[c]cs1. The van der Waals surface area contributed by atoms with E-state index in [-0.39, 0.29) is 5.13 Å². The smallest absolute Gasteiger partial charge is 0.177 e. The van der Waals surface area contributed by atoms with Crippen LogP contribution in [0.3, 0.4) is 0 Å². The third-order valence-electron chi connectivity index (χ3n) is 0.436. The highest BCUT2D eigenvalue weighted by Crippen LogP contribution is 2.02. The fraction of sp³-hybridized carbons (Fsp3) is 0. The van der Waals surface area contributed by atoms with Gasteiger partial charge < -0.3 is 0 Å². The molecule has 0 spiro atoms. The van der Waals surface area contributed by atoms with E-state index in [2.05, 4.69) is 6.07 Å². The summed E-state index contributed by atoms with van der Waals surface area (Å²) in [5, 5.41) is 1.41. The van der Waals surface area contributed by atoms with Crippen molar-refractivity contribution in [3.05, 3.63) is 22.6 Å². The zero-order valence-electron chi connectivity index (χ0n) is 2.94. The molecule has 2 heteroatoms. The van der Waals surface area contributed by atoms with Gasteiger partial charge in [-0.05, 0) is 12.1 Å². The number of rotatable bonds is 0. The van der Waals surface area contributed by atoms with Crippen LogP contribution in [0.1, 0.15) is 0 Å². The molecule has 31 valence electrons. The molecule has 0 N–H and O–H groups in total. The molecule has 0 fully saturated rings. The zero-order chi connectivity index (χ0) is 4.41. The first-order valence-corrected chi connectivity index (χ1v) is 2.37. The highest BCUT2D eigenvalue weighted by molar-refractivity contribution is 7.08. The van der Waals surface area contributed by atoms with Crippen molar-refractivity contribution >= 4 is 11.3 Å². The molecular weight excluding hydrogens is 99.1 g/mol. The van der Waals surface area contributed by atoms with Gasteiger partial charge in [-0.2, -0.15) is 4.39 Å². The highest BCUT2D eigenvalue weighted by atomic mass is 32.1.